The zero-order valence-electron chi connectivity index (χ0n) is 13.3. The summed E-state index contributed by atoms with van der Waals surface area (Å²) in [6, 6.07) is 0. The van der Waals surface area contributed by atoms with Crippen LogP contribution in [0.3, 0.4) is 0 Å². The molecule has 12 nitrogen and oxygen atoms in total. The van der Waals surface area contributed by atoms with Gasteiger partial charge in [0.25, 0.3) is 0 Å². The molecular weight excluding hydrogens is 348 g/mol. The molecule has 25 heavy (non-hydrogen) atoms. The molecule has 148 valence electrons. The van der Waals surface area contributed by atoms with Gasteiger partial charge in [0.15, 0.2) is 12.4 Å². The summed E-state index contributed by atoms with van der Waals surface area (Å²) >= 11 is 0. The molecule has 1 heterocycles. The fraction of sp³-hybridized carbons (Fsp3) is 0.923. The SMILES string of the molecule is COC(=O)[C@H](O)[C@@H](O)[C@H](O[C@@H]1O[C@H](CO)[C@H](O)[C@H](O)[C@H]1O)[C@H](O)CO. The molecule has 12 heteroatoms. The van der Waals surface area contributed by atoms with Gasteiger partial charge in [-0.1, -0.05) is 0 Å². The van der Waals surface area contributed by atoms with Crippen LogP contribution in [-0.2, 0) is 19.0 Å². The molecule has 1 aliphatic heterocycles. The lowest BCUT2D eigenvalue weighted by Gasteiger charge is -2.42. The quantitative estimate of drug-likeness (QED) is 0.188. The molecule has 0 saturated carbocycles. The molecule has 8 N–H and O–H groups in total. The Kier molecular flexibility index (Phi) is 8.56. The van der Waals surface area contributed by atoms with Crippen LogP contribution in [-0.4, -0.2) is 122 Å². The second-order valence-corrected chi connectivity index (χ2v) is 5.51. The van der Waals surface area contributed by atoms with Gasteiger partial charge >= 0.3 is 5.97 Å². The van der Waals surface area contributed by atoms with Gasteiger partial charge in [-0.25, -0.2) is 4.79 Å². The summed E-state index contributed by atoms with van der Waals surface area (Å²) in [5, 5.41) is 76.8. The van der Waals surface area contributed by atoms with Crippen molar-refractivity contribution in [2.75, 3.05) is 20.3 Å². The molecule has 0 aromatic carbocycles. The van der Waals surface area contributed by atoms with Crippen molar-refractivity contribution < 1.29 is 59.9 Å². The first-order chi connectivity index (χ1) is 11.7. The summed E-state index contributed by atoms with van der Waals surface area (Å²) in [5.41, 5.74) is 0. The fourth-order valence-corrected chi connectivity index (χ4v) is 2.28. The van der Waals surface area contributed by atoms with E-state index in [9.17, 15) is 35.4 Å². The van der Waals surface area contributed by atoms with Gasteiger partial charge in [0, 0.05) is 0 Å². The minimum atomic E-state index is -2.15. The van der Waals surface area contributed by atoms with Crippen molar-refractivity contribution in [1.82, 2.24) is 0 Å². The number of carbonyl (C=O) groups excluding carboxylic acids is 1. The number of ether oxygens (including phenoxy) is 3. The van der Waals surface area contributed by atoms with Gasteiger partial charge in [0.2, 0.25) is 0 Å². The normalized spacial score (nSPS) is 34.8. The van der Waals surface area contributed by atoms with Gasteiger partial charge in [0.1, 0.15) is 42.7 Å². The Morgan fingerprint density at radius 2 is 1.68 bits per heavy atom. The molecule has 0 aliphatic carbocycles. The predicted molar refractivity (Wildman–Crippen MR) is 75.8 cm³/mol. The Hall–Kier alpha value is -0.930. The highest BCUT2D eigenvalue weighted by molar-refractivity contribution is 5.75. The fourth-order valence-electron chi connectivity index (χ4n) is 2.28. The number of esters is 1. The Balaban J connectivity index is 2.95. The summed E-state index contributed by atoms with van der Waals surface area (Å²) in [6.45, 7) is -1.70. The Bertz CT molecular complexity index is 418. The molecule has 1 saturated heterocycles. The number of aliphatic hydroxyl groups is 8. The third-order valence-electron chi connectivity index (χ3n) is 3.81. The van der Waals surface area contributed by atoms with E-state index in [-0.39, 0.29) is 0 Å². The van der Waals surface area contributed by atoms with E-state index in [1.54, 1.807) is 0 Å². The number of hydrogen-bond donors (Lipinski definition) is 8. The highest BCUT2D eigenvalue weighted by atomic mass is 16.7. The average Bonchev–Trinajstić information content (AvgIpc) is 2.63. The van der Waals surface area contributed by atoms with E-state index >= 15 is 0 Å². The summed E-state index contributed by atoms with van der Waals surface area (Å²) < 4.78 is 14.4. The zero-order valence-corrected chi connectivity index (χ0v) is 13.3. The van der Waals surface area contributed by atoms with Crippen molar-refractivity contribution in [3.05, 3.63) is 0 Å². The highest BCUT2D eigenvalue weighted by Gasteiger charge is 2.47. The van der Waals surface area contributed by atoms with Crippen LogP contribution in [0.5, 0.6) is 0 Å². The van der Waals surface area contributed by atoms with Crippen molar-refractivity contribution in [2.45, 2.75) is 55.1 Å². The molecule has 0 spiro atoms. The van der Waals surface area contributed by atoms with Crippen molar-refractivity contribution >= 4 is 5.97 Å². The maximum atomic E-state index is 11.3. The first kappa shape index (κ1) is 22.1. The largest absolute Gasteiger partial charge is 0.467 e. The topological polar surface area (TPSA) is 207 Å². The van der Waals surface area contributed by atoms with Crippen molar-refractivity contribution in [2.24, 2.45) is 0 Å². The summed E-state index contributed by atoms with van der Waals surface area (Å²) in [4.78, 5) is 11.3. The number of hydrogen-bond acceptors (Lipinski definition) is 12. The maximum absolute atomic E-state index is 11.3. The standard InChI is InChI=1S/C13H24O12/c1-23-12(22)9(20)8(19)11(4(16)2-14)25-13-10(21)7(18)6(17)5(3-15)24-13/h4-11,13-21H,2-3H2,1H3/t4-,5-,6+,7+,8-,9-,10-,11-,13+/m1/s1. The van der Waals surface area contributed by atoms with Crippen LogP contribution < -0.4 is 0 Å². The minimum absolute atomic E-state index is 0.745. The number of carbonyl (C=O) groups is 1. The van der Waals surface area contributed by atoms with Gasteiger partial charge in [-0.15, -0.1) is 0 Å². The van der Waals surface area contributed by atoms with Crippen LogP contribution in [0.1, 0.15) is 0 Å². The van der Waals surface area contributed by atoms with E-state index < -0.39 is 74.3 Å². The van der Waals surface area contributed by atoms with E-state index in [4.69, 9.17) is 19.7 Å². The molecule has 9 atom stereocenters. The second-order valence-electron chi connectivity index (χ2n) is 5.51. The van der Waals surface area contributed by atoms with E-state index in [2.05, 4.69) is 4.74 Å². The lowest BCUT2D eigenvalue weighted by atomic mass is 9.98. The van der Waals surface area contributed by atoms with Crippen LogP contribution in [0.4, 0.5) is 0 Å². The van der Waals surface area contributed by atoms with Crippen molar-refractivity contribution in [1.29, 1.82) is 0 Å². The van der Waals surface area contributed by atoms with Crippen LogP contribution in [0.25, 0.3) is 0 Å². The molecule has 1 rings (SSSR count). The zero-order chi connectivity index (χ0) is 19.3. The first-order valence-electron chi connectivity index (χ1n) is 7.38. The molecule has 0 radical (unpaired) electrons. The number of methoxy groups -OCH3 is 1. The van der Waals surface area contributed by atoms with Crippen LogP contribution in [0, 0.1) is 0 Å². The Labute approximate surface area is 142 Å². The van der Waals surface area contributed by atoms with E-state index in [0.717, 1.165) is 7.11 Å². The predicted octanol–water partition coefficient (Wildman–Crippen LogP) is -5.58. The Morgan fingerprint density at radius 3 is 2.16 bits per heavy atom. The van der Waals surface area contributed by atoms with Crippen LogP contribution >= 0.6 is 0 Å². The van der Waals surface area contributed by atoms with Gasteiger partial charge in [0.05, 0.1) is 20.3 Å². The molecule has 0 aromatic rings. The van der Waals surface area contributed by atoms with E-state index in [1.807, 2.05) is 0 Å². The van der Waals surface area contributed by atoms with Gasteiger partial charge < -0.3 is 55.1 Å². The molecule has 0 aromatic heterocycles. The van der Waals surface area contributed by atoms with Crippen LogP contribution in [0.2, 0.25) is 0 Å². The van der Waals surface area contributed by atoms with Gasteiger partial charge in [-0.05, 0) is 0 Å². The number of aliphatic hydroxyl groups excluding tert-OH is 8. The molecule has 0 unspecified atom stereocenters. The smallest absolute Gasteiger partial charge is 0.337 e. The lowest BCUT2D eigenvalue weighted by Crippen LogP contribution is -2.61. The summed E-state index contributed by atoms with van der Waals surface area (Å²) in [6.07, 6.45) is -16.3. The monoisotopic (exact) mass is 372 g/mol. The first-order valence-corrected chi connectivity index (χ1v) is 7.38. The van der Waals surface area contributed by atoms with Gasteiger partial charge in [-0.2, -0.15) is 0 Å². The third-order valence-corrected chi connectivity index (χ3v) is 3.81. The molecule has 0 amide bonds. The third kappa shape index (κ3) is 5.04. The molecule has 1 fully saturated rings. The second kappa shape index (κ2) is 9.68. The van der Waals surface area contributed by atoms with E-state index in [0.29, 0.717) is 0 Å². The average molecular weight is 372 g/mol. The Morgan fingerprint density at radius 1 is 1.08 bits per heavy atom. The molecule has 0 bridgehead atoms. The summed E-state index contributed by atoms with van der Waals surface area (Å²) in [5.74, 6) is -1.25. The van der Waals surface area contributed by atoms with Gasteiger partial charge in [-0.3, -0.25) is 0 Å². The lowest BCUT2D eigenvalue weighted by molar-refractivity contribution is -0.326. The number of rotatable bonds is 8. The van der Waals surface area contributed by atoms with Crippen molar-refractivity contribution in [3.63, 3.8) is 0 Å². The molecular formula is C13H24O12. The maximum Gasteiger partial charge on any atom is 0.337 e. The minimum Gasteiger partial charge on any atom is -0.467 e. The highest BCUT2D eigenvalue weighted by Crippen LogP contribution is 2.25. The summed E-state index contributed by atoms with van der Waals surface area (Å²) in [7, 11) is 0.939. The molecule has 1 aliphatic rings. The van der Waals surface area contributed by atoms with Crippen molar-refractivity contribution in [3.8, 4) is 0 Å². The van der Waals surface area contributed by atoms with Crippen LogP contribution in [0.15, 0.2) is 0 Å². The van der Waals surface area contributed by atoms with E-state index in [1.165, 1.54) is 0 Å².